The molecule has 1 heterocycles. The molecule has 2 N–H and O–H groups in total. The van der Waals surface area contributed by atoms with Crippen molar-refractivity contribution < 1.29 is 13.9 Å². The maximum absolute atomic E-state index is 11.6. The molecule has 0 amide bonds. The van der Waals surface area contributed by atoms with Crippen molar-refractivity contribution in [2.24, 2.45) is 0 Å². The summed E-state index contributed by atoms with van der Waals surface area (Å²) in [6.45, 7) is 5.85. The van der Waals surface area contributed by atoms with Gasteiger partial charge >= 0.3 is 5.97 Å². The van der Waals surface area contributed by atoms with Gasteiger partial charge in [-0.3, -0.25) is 0 Å². The first-order valence-electron chi connectivity index (χ1n) is 6.19. The van der Waals surface area contributed by atoms with Crippen LogP contribution in [0.5, 0.6) is 0 Å². The van der Waals surface area contributed by atoms with Crippen LogP contribution in [0.4, 0.5) is 5.69 Å². The average Bonchev–Trinajstić information content (AvgIpc) is 2.71. The molecule has 0 spiro atoms. The standard InChI is InChI=1S/C14H16N2O3S/c1-4-18-13(17)10-5-6-12(11(15)7-10)20-14-16-8(2)9(3)19-14/h5-7H,4,15H2,1-3H3. The third kappa shape index (κ3) is 3.14. The molecule has 0 bridgehead atoms. The van der Waals surface area contributed by atoms with E-state index in [0.29, 0.717) is 23.1 Å². The van der Waals surface area contributed by atoms with Gasteiger partial charge in [-0.1, -0.05) is 0 Å². The van der Waals surface area contributed by atoms with Gasteiger partial charge in [0.2, 0.25) is 0 Å². The van der Waals surface area contributed by atoms with Crippen LogP contribution in [0.2, 0.25) is 0 Å². The molecule has 1 aromatic heterocycles. The van der Waals surface area contributed by atoms with E-state index < -0.39 is 0 Å². The number of aromatic nitrogens is 1. The number of esters is 1. The van der Waals surface area contributed by atoms with E-state index in [0.717, 1.165) is 16.3 Å². The fourth-order valence-corrected chi connectivity index (χ4v) is 2.41. The Morgan fingerprint density at radius 3 is 2.75 bits per heavy atom. The van der Waals surface area contributed by atoms with E-state index in [1.54, 1.807) is 25.1 Å². The Bertz CT molecular complexity index is 618. The molecule has 2 rings (SSSR count). The van der Waals surface area contributed by atoms with Gasteiger partial charge in [0, 0.05) is 10.6 Å². The second-order valence-corrected chi connectivity index (χ2v) is 5.19. The molecule has 0 saturated carbocycles. The molecule has 0 aliphatic carbocycles. The van der Waals surface area contributed by atoms with Crippen LogP contribution in [0.15, 0.2) is 32.7 Å². The summed E-state index contributed by atoms with van der Waals surface area (Å²) in [7, 11) is 0. The lowest BCUT2D eigenvalue weighted by Crippen LogP contribution is -2.05. The number of hydrogen-bond acceptors (Lipinski definition) is 6. The maximum atomic E-state index is 11.6. The van der Waals surface area contributed by atoms with Gasteiger partial charge in [-0.15, -0.1) is 0 Å². The Balaban J connectivity index is 2.19. The van der Waals surface area contributed by atoms with Crippen molar-refractivity contribution in [3.63, 3.8) is 0 Å². The molecule has 0 unspecified atom stereocenters. The molecule has 5 nitrogen and oxygen atoms in total. The quantitative estimate of drug-likeness (QED) is 0.688. The molecule has 1 aromatic carbocycles. The number of hydrogen-bond donors (Lipinski definition) is 1. The normalized spacial score (nSPS) is 10.6. The zero-order chi connectivity index (χ0) is 14.7. The highest BCUT2D eigenvalue weighted by atomic mass is 32.2. The van der Waals surface area contributed by atoms with Gasteiger partial charge in [0.25, 0.3) is 5.22 Å². The van der Waals surface area contributed by atoms with E-state index in [2.05, 4.69) is 4.98 Å². The van der Waals surface area contributed by atoms with Crippen LogP contribution in [0.25, 0.3) is 0 Å². The van der Waals surface area contributed by atoms with Crippen molar-refractivity contribution in [3.05, 3.63) is 35.2 Å². The van der Waals surface area contributed by atoms with E-state index in [9.17, 15) is 4.79 Å². The van der Waals surface area contributed by atoms with E-state index >= 15 is 0 Å². The molecule has 0 atom stereocenters. The van der Waals surface area contributed by atoms with Crippen LogP contribution in [0.1, 0.15) is 28.7 Å². The smallest absolute Gasteiger partial charge is 0.338 e. The van der Waals surface area contributed by atoms with Crippen molar-refractivity contribution >= 4 is 23.4 Å². The highest BCUT2D eigenvalue weighted by Gasteiger charge is 2.12. The van der Waals surface area contributed by atoms with Gasteiger partial charge in [-0.25, -0.2) is 9.78 Å². The highest BCUT2D eigenvalue weighted by Crippen LogP contribution is 2.33. The Hall–Kier alpha value is -1.95. The number of nitrogens with two attached hydrogens (primary N) is 1. The summed E-state index contributed by atoms with van der Waals surface area (Å²) in [6.07, 6.45) is 0. The summed E-state index contributed by atoms with van der Waals surface area (Å²) >= 11 is 1.33. The molecule has 0 fully saturated rings. The van der Waals surface area contributed by atoms with Gasteiger partial charge < -0.3 is 14.9 Å². The van der Waals surface area contributed by atoms with Crippen LogP contribution < -0.4 is 5.73 Å². The predicted molar refractivity (Wildman–Crippen MR) is 76.9 cm³/mol. The monoisotopic (exact) mass is 292 g/mol. The molecule has 20 heavy (non-hydrogen) atoms. The largest absolute Gasteiger partial charge is 0.462 e. The summed E-state index contributed by atoms with van der Waals surface area (Å²) < 4.78 is 10.4. The van der Waals surface area contributed by atoms with E-state index in [1.165, 1.54) is 11.8 Å². The zero-order valence-corrected chi connectivity index (χ0v) is 12.4. The van der Waals surface area contributed by atoms with Crippen molar-refractivity contribution in [1.29, 1.82) is 0 Å². The number of rotatable bonds is 4. The number of benzene rings is 1. The molecule has 2 aromatic rings. The fourth-order valence-electron chi connectivity index (χ4n) is 1.56. The van der Waals surface area contributed by atoms with Crippen LogP contribution in [-0.2, 0) is 4.74 Å². The average molecular weight is 292 g/mol. The second kappa shape index (κ2) is 6.00. The van der Waals surface area contributed by atoms with Gasteiger partial charge in [-0.05, 0) is 50.7 Å². The lowest BCUT2D eigenvalue weighted by atomic mass is 10.2. The van der Waals surface area contributed by atoms with Crippen molar-refractivity contribution in [1.82, 2.24) is 4.98 Å². The lowest BCUT2D eigenvalue weighted by molar-refractivity contribution is 0.0526. The summed E-state index contributed by atoms with van der Waals surface area (Å²) in [5.41, 5.74) is 7.74. The van der Waals surface area contributed by atoms with Crippen molar-refractivity contribution in [2.45, 2.75) is 30.9 Å². The van der Waals surface area contributed by atoms with E-state index in [1.807, 2.05) is 13.8 Å². The molecular weight excluding hydrogens is 276 g/mol. The topological polar surface area (TPSA) is 78.3 Å². The molecule has 0 saturated heterocycles. The van der Waals surface area contributed by atoms with Gasteiger partial charge in [0.15, 0.2) is 0 Å². The maximum Gasteiger partial charge on any atom is 0.338 e. The van der Waals surface area contributed by atoms with Crippen molar-refractivity contribution in [2.75, 3.05) is 12.3 Å². The Kier molecular flexibility index (Phi) is 4.34. The van der Waals surface area contributed by atoms with Crippen LogP contribution in [0.3, 0.4) is 0 Å². The van der Waals surface area contributed by atoms with Gasteiger partial charge in [0.1, 0.15) is 5.76 Å². The molecule has 106 valence electrons. The number of carbonyl (C=O) groups is 1. The highest BCUT2D eigenvalue weighted by molar-refractivity contribution is 7.99. The Morgan fingerprint density at radius 2 is 2.20 bits per heavy atom. The molecule has 6 heteroatoms. The summed E-state index contributed by atoms with van der Waals surface area (Å²) in [5.74, 6) is 0.410. The van der Waals surface area contributed by atoms with Crippen molar-refractivity contribution in [3.8, 4) is 0 Å². The zero-order valence-electron chi connectivity index (χ0n) is 11.6. The number of carbonyl (C=O) groups excluding carboxylic acids is 1. The second-order valence-electron chi connectivity index (χ2n) is 4.20. The number of nitrogens with zero attached hydrogens (tertiary/aromatic N) is 1. The predicted octanol–water partition coefficient (Wildman–Crippen LogP) is 3.20. The number of oxazole rings is 1. The van der Waals surface area contributed by atoms with Crippen LogP contribution in [0, 0.1) is 13.8 Å². The van der Waals surface area contributed by atoms with Gasteiger partial charge in [0.05, 0.1) is 17.9 Å². The van der Waals surface area contributed by atoms with Crippen LogP contribution >= 0.6 is 11.8 Å². The molecule has 0 aliphatic rings. The molecular formula is C14H16N2O3S. The number of ether oxygens (including phenoxy) is 1. The first-order chi connectivity index (χ1) is 9.51. The number of aryl methyl sites for hydroxylation is 2. The minimum absolute atomic E-state index is 0.337. The lowest BCUT2D eigenvalue weighted by Gasteiger charge is -2.06. The SMILES string of the molecule is CCOC(=O)c1ccc(Sc2nc(C)c(C)o2)c(N)c1. The number of nitrogen functional groups attached to an aromatic ring is 1. The minimum Gasteiger partial charge on any atom is -0.462 e. The Morgan fingerprint density at radius 1 is 1.45 bits per heavy atom. The van der Waals surface area contributed by atoms with Crippen LogP contribution in [-0.4, -0.2) is 17.6 Å². The molecule has 0 aliphatic heterocycles. The summed E-state index contributed by atoms with van der Waals surface area (Å²) in [6, 6.07) is 5.05. The van der Waals surface area contributed by atoms with E-state index in [4.69, 9.17) is 14.9 Å². The minimum atomic E-state index is -0.376. The van der Waals surface area contributed by atoms with E-state index in [-0.39, 0.29) is 5.97 Å². The first-order valence-corrected chi connectivity index (χ1v) is 7.01. The summed E-state index contributed by atoms with van der Waals surface area (Å²) in [5, 5.41) is 0.538. The first kappa shape index (κ1) is 14.5. The molecule has 0 radical (unpaired) electrons. The summed E-state index contributed by atoms with van der Waals surface area (Å²) in [4.78, 5) is 16.7. The van der Waals surface area contributed by atoms with Gasteiger partial charge in [-0.2, -0.15) is 0 Å². The fraction of sp³-hybridized carbons (Fsp3) is 0.286. The Labute approximate surface area is 121 Å². The third-order valence-corrected chi connectivity index (χ3v) is 3.67. The third-order valence-electron chi connectivity index (χ3n) is 2.73. The number of anilines is 1.